The Morgan fingerprint density at radius 3 is 2.55 bits per heavy atom. The van der Waals surface area contributed by atoms with E-state index in [9.17, 15) is 14.3 Å². The molecule has 1 N–H and O–H groups in total. The molecule has 1 fully saturated rings. The molecule has 0 spiro atoms. The van der Waals surface area contributed by atoms with E-state index in [-0.39, 0.29) is 18.2 Å². The zero-order valence-electron chi connectivity index (χ0n) is 24.2. The minimum Gasteiger partial charge on any atom is -0.497 e. The largest absolute Gasteiger partial charge is 0.497 e. The van der Waals surface area contributed by atoms with Crippen molar-refractivity contribution in [1.82, 2.24) is 4.90 Å². The molecule has 0 aromatic heterocycles. The molecule has 0 unspecified atom stereocenters. The van der Waals surface area contributed by atoms with Crippen molar-refractivity contribution < 1.29 is 23.8 Å². The van der Waals surface area contributed by atoms with Crippen LogP contribution in [0.25, 0.3) is 11.1 Å². The van der Waals surface area contributed by atoms with Crippen LogP contribution in [-0.4, -0.2) is 36.7 Å². The standard InChI is InChI=1S/C34H42FNO4/c1-23(2)7-6-16-36(3)21-27-17-24(10-14-30(27)32-19-28(39-4)13-15-33(32)35)22-40-29-9-5-8-26(18-29)31(20-34(37)38)25-11-12-25/h5,8-10,13-15,17-19,23,25,31H,6-7,11-12,16,20-22H2,1-4H3,(H,37,38)/t31-/m1/s1. The van der Waals surface area contributed by atoms with Crippen molar-refractivity contribution >= 4 is 5.97 Å². The van der Waals surface area contributed by atoms with Crippen LogP contribution in [0.5, 0.6) is 11.5 Å². The Morgan fingerprint density at radius 2 is 1.85 bits per heavy atom. The van der Waals surface area contributed by atoms with E-state index in [1.54, 1.807) is 19.2 Å². The van der Waals surface area contributed by atoms with E-state index in [1.165, 1.54) is 12.5 Å². The van der Waals surface area contributed by atoms with Crippen LogP contribution in [-0.2, 0) is 17.9 Å². The summed E-state index contributed by atoms with van der Waals surface area (Å²) in [7, 11) is 3.69. The van der Waals surface area contributed by atoms with E-state index >= 15 is 0 Å². The summed E-state index contributed by atoms with van der Waals surface area (Å²) in [6.07, 6.45) is 4.59. The number of aliphatic carboxylic acids is 1. The van der Waals surface area contributed by atoms with Crippen LogP contribution in [0, 0.1) is 17.7 Å². The van der Waals surface area contributed by atoms with Gasteiger partial charge in [-0.15, -0.1) is 0 Å². The number of halogens is 1. The van der Waals surface area contributed by atoms with Gasteiger partial charge in [-0.1, -0.05) is 44.2 Å². The predicted molar refractivity (Wildman–Crippen MR) is 157 cm³/mol. The van der Waals surface area contributed by atoms with Gasteiger partial charge in [0.05, 0.1) is 13.5 Å². The van der Waals surface area contributed by atoms with Crippen molar-refractivity contribution in [3.63, 3.8) is 0 Å². The topological polar surface area (TPSA) is 59.0 Å². The third-order valence-corrected chi connectivity index (χ3v) is 7.67. The normalized spacial score (nSPS) is 14.0. The molecular formula is C34H42FNO4. The highest BCUT2D eigenvalue weighted by Crippen LogP contribution is 2.45. The second-order valence-electron chi connectivity index (χ2n) is 11.5. The number of carboxylic acid groups (broad SMARTS) is 1. The van der Waals surface area contributed by atoms with Gasteiger partial charge in [0.15, 0.2) is 0 Å². The summed E-state index contributed by atoms with van der Waals surface area (Å²) in [6.45, 7) is 6.49. The molecule has 0 amide bonds. The third kappa shape index (κ3) is 8.31. The Labute approximate surface area is 237 Å². The fourth-order valence-electron chi connectivity index (χ4n) is 5.35. The average Bonchev–Trinajstić information content (AvgIpc) is 3.76. The fourth-order valence-corrected chi connectivity index (χ4v) is 5.35. The van der Waals surface area contributed by atoms with Gasteiger partial charge >= 0.3 is 5.97 Å². The molecule has 1 aliphatic carbocycles. The summed E-state index contributed by atoms with van der Waals surface area (Å²) in [5, 5.41) is 9.39. The first-order valence-electron chi connectivity index (χ1n) is 14.3. The number of hydrogen-bond donors (Lipinski definition) is 1. The zero-order chi connectivity index (χ0) is 28.6. The molecule has 0 radical (unpaired) electrons. The maximum Gasteiger partial charge on any atom is 0.303 e. The number of benzene rings is 3. The van der Waals surface area contributed by atoms with Gasteiger partial charge in [0, 0.05) is 12.1 Å². The lowest BCUT2D eigenvalue weighted by Crippen LogP contribution is -2.20. The lowest BCUT2D eigenvalue weighted by Gasteiger charge is -2.21. The van der Waals surface area contributed by atoms with Crippen LogP contribution >= 0.6 is 0 Å². The molecule has 40 heavy (non-hydrogen) atoms. The lowest BCUT2D eigenvalue weighted by molar-refractivity contribution is -0.137. The monoisotopic (exact) mass is 547 g/mol. The molecule has 0 aliphatic heterocycles. The first kappa shape index (κ1) is 29.6. The Morgan fingerprint density at radius 1 is 1.05 bits per heavy atom. The Hall–Kier alpha value is -3.38. The van der Waals surface area contributed by atoms with E-state index < -0.39 is 5.97 Å². The van der Waals surface area contributed by atoms with Crippen molar-refractivity contribution in [3.8, 4) is 22.6 Å². The van der Waals surface area contributed by atoms with Crippen LogP contribution in [0.2, 0.25) is 0 Å². The van der Waals surface area contributed by atoms with Gasteiger partial charge in [-0.2, -0.15) is 0 Å². The minimum absolute atomic E-state index is 0.0240. The quantitative estimate of drug-likeness (QED) is 0.209. The number of carbonyl (C=O) groups is 1. The Balaban J connectivity index is 1.54. The maximum atomic E-state index is 15.0. The second-order valence-corrected chi connectivity index (χ2v) is 11.5. The van der Waals surface area contributed by atoms with Crippen molar-refractivity contribution in [2.45, 2.75) is 65.0 Å². The number of methoxy groups -OCH3 is 1. The van der Waals surface area contributed by atoms with E-state index in [0.29, 0.717) is 36.3 Å². The van der Waals surface area contributed by atoms with Gasteiger partial charge < -0.3 is 19.5 Å². The number of nitrogens with zero attached hydrogens (tertiary/aromatic N) is 1. The van der Waals surface area contributed by atoms with Crippen LogP contribution in [0.4, 0.5) is 4.39 Å². The molecular weight excluding hydrogens is 505 g/mol. The second kappa shape index (κ2) is 13.8. The summed E-state index contributed by atoms with van der Waals surface area (Å²) in [5.74, 6) is 1.43. The lowest BCUT2D eigenvalue weighted by atomic mass is 9.91. The van der Waals surface area contributed by atoms with Gasteiger partial charge in [-0.25, -0.2) is 4.39 Å². The number of hydrogen-bond acceptors (Lipinski definition) is 4. The first-order valence-corrected chi connectivity index (χ1v) is 14.3. The van der Waals surface area contributed by atoms with Crippen LogP contribution < -0.4 is 9.47 Å². The summed E-state index contributed by atoms with van der Waals surface area (Å²) in [6, 6.07) is 18.7. The first-order chi connectivity index (χ1) is 19.2. The van der Waals surface area contributed by atoms with Crippen molar-refractivity contribution in [2.75, 3.05) is 20.7 Å². The van der Waals surface area contributed by atoms with Crippen LogP contribution in [0.15, 0.2) is 60.7 Å². The van der Waals surface area contributed by atoms with E-state index in [4.69, 9.17) is 9.47 Å². The highest BCUT2D eigenvalue weighted by atomic mass is 19.1. The molecule has 0 heterocycles. The summed E-state index contributed by atoms with van der Waals surface area (Å²) < 4.78 is 26.5. The SMILES string of the molecule is COc1ccc(F)c(-c2ccc(COc3cccc([C@H](CC(=O)O)C4CC4)c3)cc2CN(C)CCCC(C)C)c1. The van der Waals surface area contributed by atoms with Gasteiger partial charge in [0.25, 0.3) is 0 Å². The smallest absolute Gasteiger partial charge is 0.303 e. The summed E-state index contributed by atoms with van der Waals surface area (Å²) >= 11 is 0. The molecule has 3 aromatic rings. The van der Waals surface area contributed by atoms with Crippen molar-refractivity contribution in [2.24, 2.45) is 11.8 Å². The van der Waals surface area contributed by atoms with Crippen LogP contribution in [0.1, 0.15) is 68.6 Å². The molecule has 4 rings (SSSR count). The minimum atomic E-state index is -0.766. The van der Waals surface area contributed by atoms with Gasteiger partial charge in [0.1, 0.15) is 23.9 Å². The molecule has 214 valence electrons. The molecule has 6 heteroatoms. The van der Waals surface area contributed by atoms with E-state index in [0.717, 1.165) is 53.8 Å². The zero-order valence-corrected chi connectivity index (χ0v) is 24.2. The van der Waals surface area contributed by atoms with E-state index in [2.05, 4.69) is 31.9 Å². The van der Waals surface area contributed by atoms with Crippen molar-refractivity contribution in [3.05, 3.63) is 83.2 Å². The molecule has 0 saturated heterocycles. The number of carboxylic acids is 1. The van der Waals surface area contributed by atoms with Crippen LogP contribution in [0.3, 0.4) is 0 Å². The highest BCUT2D eigenvalue weighted by Gasteiger charge is 2.33. The number of rotatable bonds is 15. The van der Waals surface area contributed by atoms with Gasteiger partial charge in [-0.05, 0) is 110 Å². The molecule has 1 saturated carbocycles. The van der Waals surface area contributed by atoms with Crippen molar-refractivity contribution in [1.29, 1.82) is 0 Å². The van der Waals surface area contributed by atoms with E-state index in [1.807, 2.05) is 36.4 Å². The molecule has 3 aromatic carbocycles. The Bertz CT molecular complexity index is 1290. The summed E-state index contributed by atoms with van der Waals surface area (Å²) in [4.78, 5) is 13.7. The van der Waals surface area contributed by atoms with Gasteiger partial charge in [0.2, 0.25) is 0 Å². The Kier molecular flexibility index (Phi) is 10.2. The molecule has 1 aliphatic rings. The third-order valence-electron chi connectivity index (χ3n) is 7.67. The molecule has 1 atom stereocenters. The fraction of sp³-hybridized carbons (Fsp3) is 0.441. The highest BCUT2D eigenvalue weighted by molar-refractivity contribution is 5.70. The number of ether oxygens (including phenoxy) is 2. The van der Waals surface area contributed by atoms with Gasteiger partial charge in [-0.3, -0.25) is 4.79 Å². The summed E-state index contributed by atoms with van der Waals surface area (Å²) in [5.41, 5.74) is 4.42. The maximum absolute atomic E-state index is 15.0. The molecule has 0 bridgehead atoms. The molecule has 5 nitrogen and oxygen atoms in total. The average molecular weight is 548 g/mol. The predicted octanol–water partition coefficient (Wildman–Crippen LogP) is 7.92.